The largest absolute Gasteiger partial charge is 0.493 e. The molecule has 1 fully saturated rings. The van der Waals surface area contributed by atoms with Crippen molar-refractivity contribution in [1.82, 2.24) is 0 Å². The summed E-state index contributed by atoms with van der Waals surface area (Å²) in [5.41, 5.74) is 4.49. The minimum atomic E-state index is -2.83. The molecule has 0 bridgehead atoms. The van der Waals surface area contributed by atoms with Gasteiger partial charge in [-0.05, 0) is 24.6 Å². The first-order valence-corrected chi connectivity index (χ1v) is 5.42. The molecule has 0 spiro atoms. The first-order valence-electron chi connectivity index (χ1n) is 5.42. The van der Waals surface area contributed by atoms with Crippen LogP contribution in [0.4, 0.5) is 8.78 Å². The predicted octanol–water partition coefficient (Wildman–Crippen LogP) is 2.29. The Morgan fingerprint density at radius 3 is 2.47 bits per heavy atom. The molecule has 5 heteroatoms. The summed E-state index contributed by atoms with van der Waals surface area (Å²) in [6, 6.07) is 4.69. The molecule has 0 heterocycles. The van der Waals surface area contributed by atoms with Crippen LogP contribution in [0.1, 0.15) is 18.9 Å². The number of nitrogens with two attached hydrogens (primary N) is 1. The standard InChI is InChI=1S/C12H15F2NO2/c1-3-17-10-6-8(4-5-9(10)16-2)11(15)7-12(11,13)14/h4-6H,3,7,15H2,1-2H3. The highest BCUT2D eigenvalue weighted by molar-refractivity contribution is 5.48. The van der Waals surface area contributed by atoms with Gasteiger partial charge in [0.2, 0.25) is 0 Å². The number of halogens is 2. The van der Waals surface area contributed by atoms with Crippen LogP contribution in [-0.4, -0.2) is 19.6 Å². The van der Waals surface area contributed by atoms with E-state index in [1.807, 2.05) is 6.92 Å². The molecule has 0 aromatic heterocycles. The second-order valence-corrected chi connectivity index (χ2v) is 4.15. The number of rotatable bonds is 4. The molecule has 17 heavy (non-hydrogen) atoms. The number of ether oxygens (including phenoxy) is 2. The second-order valence-electron chi connectivity index (χ2n) is 4.15. The highest BCUT2D eigenvalue weighted by Crippen LogP contribution is 2.58. The molecule has 1 aromatic rings. The van der Waals surface area contributed by atoms with Crippen molar-refractivity contribution in [3.8, 4) is 11.5 Å². The molecule has 2 rings (SSSR count). The average Bonchev–Trinajstić information content (AvgIpc) is 2.80. The summed E-state index contributed by atoms with van der Waals surface area (Å²) >= 11 is 0. The third kappa shape index (κ3) is 1.84. The lowest BCUT2D eigenvalue weighted by atomic mass is 10.0. The Balaban J connectivity index is 2.35. The van der Waals surface area contributed by atoms with Crippen molar-refractivity contribution < 1.29 is 18.3 Å². The Morgan fingerprint density at radius 1 is 1.35 bits per heavy atom. The van der Waals surface area contributed by atoms with Crippen molar-refractivity contribution in [2.75, 3.05) is 13.7 Å². The van der Waals surface area contributed by atoms with Crippen LogP contribution in [0.3, 0.4) is 0 Å². The topological polar surface area (TPSA) is 44.5 Å². The summed E-state index contributed by atoms with van der Waals surface area (Å²) in [6.45, 7) is 2.25. The molecule has 94 valence electrons. The van der Waals surface area contributed by atoms with Crippen molar-refractivity contribution in [3.63, 3.8) is 0 Å². The smallest absolute Gasteiger partial charge is 0.272 e. The number of benzene rings is 1. The molecule has 2 N–H and O–H groups in total. The maximum atomic E-state index is 13.2. The lowest BCUT2D eigenvalue weighted by Crippen LogP contribution is -2.27. The van der Waals surface area contributed by atoms with E-state index in [2.05, 4.69) is 0 Å². The van der Waals surface area contributed by atoms with Gasteiger partial charge < -0.3 is 15.2 Å². The zero-order valence-electron chi connectivity index (χ0n) is 9.80. The molecule has 0 aliphatic heterocycles. The van der Waals surface area contributed by atoms with Crippen LogP contribution in [-0.2, 0) is 5.54 Å². The van der Waals surface area contributed by atoms with Crippen LogP contribution in [0.2, 0.25) is 0 Å². The maximum Gasteiger partial charge on any atom is 0.272 e. The van der Waals surface area contributed by atoms with Crippen molar-refractivity contribution in [1.29, 1.82) is 0 Å². The van der Waals surface area contributed by atoms with Crippen LogP contribution in [0.25, 0.3) is 0 Å². The molecular weight excluding hydrogens is 228 g/mol. The van der Waals surface area contributed by atoms with Crippen LogP contribution in [0.15, 0.2) is 18.2 Å². The predicted molar refractivity (Wildman–Crippen MR) is 59.6 cm³/mol. The Kier molecular flexibility index (Phi) is 2.73. The van der Waals surface area contributed by atoms with Gasteiger partial charge in [-0.1, -0.05) is 6.07 Å². The molecule has 0 saturated heterocycles. The summed E-state index contributed by atoms with van der Waals surface area (Å²) < 4.78 is 36.8. The van der Waals surface area contributed by atoms with E-state index in [1.54, 1.807) is 12.1 Å². The Morgan fingerprint density at radius 2 is 2.00 bits per heavy atom. The molecule has 1 aromatic carbocycles. The summed E-state index contributed by atoms with van der Waals surface area (Å²) in [5.74, 6) is -1.87. The molecule has 1 saturated carbocycles. The molecule has 1 atom stereocenters. The normalized spacial score (nSPS) is 25.5. The summed E-state index contributed by atoms with van der Waals surface area (Å²) in [5, 5.41) is 0. The molecule has 3 nitrogen and oxygen atoms in total. The minimum Gasteiger partial charge on any atom is -0.493 e. The highest BCUT2D eigenvalue weighted by atomic mass is 19.3. The lowest BCUT2D eigenvalue weighted by Gasteiger charge is -2.15. The van der Waals surface area contributed by atoms with Crippen LogP contribution < -0.4 is 15.2 Å². The molecule has 0 radical (unpaired) electrons. The quantitative estimate of drug-likeness (QED) is 0.882. The van der Waals surface area contributed by atoms with Gasteiger partial charge in [0.15, 0.2) is 11.5 Å². The fourth-order valence-electron chi connectivity index (χ4n) is 1.84. The van der Waals surface area contributed by atoms with Gasteiger partial charge in [-0.15, -0.1) is 0 Å². The maximum absolute atomic E-state index is 13.2. The van der Waals surface area contributed by atoms with Gasteiger partial charge in [0.25, 0.3) is 5.92 Å². The average molecular weight is 243 g/mol. The SMILES string of the molecule is CCOc1cc(C2(N)CC2(F)F)ccc1OC. The fraction of sp³-hybridized carbons (Fsp3) is 0.500. The van der Waals surface area contributed by atoms with Crippen molar-refractivity contribution in [2.45, 2.75) is 24.8 Å². The molecule has 1 aliphatic rings. The van der Waals surface area contributed by atoms with Crippen LogP contribution in [0.5, 0.6) is 11.5 Å². The van der Waals surface area contributed by atoms with E-state index < -0.39 is 11.5 Å². The fourth-order valence-corrected chi connectivity index (χ4v) is 1.84. The number of hydrogen-bond donors (Lipinski definition) is 1. The van der Waals surface area contributed by atoms with E-state index in [9.17, 15) is 8.78 Å². The van der Waals surface area contributed by atoms with Gasteiger partial charge in [0, 0.05) is 6.42 Å². The van der Waals surface area contributed by atoms with E-state index in [-0.39, 0.29) is 6.42 Å². The number of methoxy groups -OCH3 is 1. The van der Waals surface area contributed by atoms with Crippen molar-refractivity contribution in [2.24, 2.45) is 5.73 Å². The highest BCUT2D eigenvalue weighted by Gasteiger charge is 2.70. The van der Waals surface area contributed by atoms with E-state index in [1.165, 1.54) is 13.2 Å². The summed E-state index contributed by atoms with van der Waals surface area (Å²) in [7, 11) is 1.50. The molecule has 1 unspecified atom stereocenters. The Labute approximate surface area is 98.5 Å². The zero-order chi connectivity index (χ0) is 12.7. The van der Waals surface area contributed by atoms with Crippen molar-refractivity contribution in [3.05, 3.63) is 23.8 Å². The van der Waals surface area contributed by atoms with E-state index >= 15 is 0 Å². The molecular formula is C12H15F2NO2. The van der Waals surface area contributed by atoms with Gasteiger partial charge >= 0.3 is 0 Å². The number of hydrogen-bond acceptors (Lipinski definition) is 3. The second kappa shape index (κ2) is 3.84. The van der Waals surface area contributed by atoms with E-state index in [0.29, 0.717) is 23.7 Å². The summed E-state index contributed by atoms with van der Waals surface area (Å²) in [4.78, 5) is 0. The van der Waals surface area contributed by atoms with Crippen LogP contribution in [0, 0.1) is 0 Å². The first kappa shape index (κ1) is 12.1. The Hall–Kier alpha value is -1.36. The van der Waals surface area contributed by atoms with E-state index in [0.717, 1.165) is 0 Å². The van der Waals surface area contributed by atoms with Gasteiger partial charge in [-0.2, -0.15) is 0 Å². The third-order valence-corrected chi connectivity index (χ3v) is 3.01. The minimum absolute atomic E-state index is 0.322. The Bertz CT molecular complexity index is 437. The van der Waals surface area contributed by atoms with E-state index in [4.69, 9.17) is 15.2 Å². The monoisotopic (exact) mass is 243 g/mol. The van der Waals surface area contributed by atoms with Gasteiger partial charge in [-0.25, -0.2) is 8.78 Å². The van der Waals surface area contributed by atoms with Gasteiger partial charge in [-0.3, -0.25) is 0 Å². The molecule has 0 amide bonds. The van der Waals surface area contributed by atoms with Crippen molar-refractivity contribution >= 4 is 0 Å². The summed E-state index contributed by atoms with van der Waals surface area (Å²) in [6.07, 6.45) is -0.322. The van der Waals surface area contributed by atoms with Crippen LogP contribution >= 0.6 is 0 Å². The number of alkyl halides is 2. The first-order chi connectivity index (χ1) is 7.94. The zero-order valence-corrected chi connectivity index (χ0v) is 9.80. The lowest BCUT2D eigenvalue weighted by molar-refractivity contribution is 0.0890. The van der Waals surface area contributed by atoms with Gasteiger partial charge in [0.05, 0.1) is 13.7 Å². The molecule has 1 aliphatic carbocycles. The van der Waals surface area contributed by atoms with Gasteiger partial charge in [0.1, 0.15) is 5.54 Å². The third-order valence-electron chi connectivity index (χ3n) is 3.01.